The number of rotatable bonds is 6. The number of hydrogen-bond donors (Lipinski definition) is 0. The van der Waals surface area contributed by atoms with Gasteiger partial charge >= 0.3 is 0 Å². The van der Waals surface area contributed by atoms with E-state index in [1.165, 1.54) is 0 Å². The van der Waals surface area contributed by atoms with Crippen molar-refractivity contribution in [2.24, 2.45) is 0 Å². The number of nitrogens with zero attached hydrogens (tertiary/aromatic N) is 3. The van der Waals surface area contributed by atoms with Gasteiger partial charge in [0, 0.05) is 42.4 Å². The van der Waals surface area contributed by atoms with Crippen molar-refractivity contribution in [3.63, 3.8) is 0 Å². The van der Waals surface area contributed by atoms with E-state index in [1.807, 2.05) is 32.4 Å². The molecule has 0 radical (unpaired) electrons. The molecule has 2 aromatic rings. The number of imidazole rings is 1. The first-order valence-electron chi connectivity index (χ1n) is 6.81. The average Bonchev–Trinajstić information content (AvgIpc) is 3.00. The number of carbonyl (C=O) groups is 1. The normalized spacial score (nSPS) is 12.6. The van der Waals surface area contributed by atoms with E-state index in [0.717, 1.165) is 36.5 Å². The summed E-state index contributed by atoms with van der Waals surface area (Å²) in [7, 11) is 0. The molecule has 1 atom stereocenters. The highest BCUT2D eigenvalue weighted by atomic mass is 35.5. The molecule has 2 rings (SSSR count). The van der Waals surface area contributed by atoms with Crippen LogP contribution in [0.2, 0.25) is 0 Å². The second kappa shape index (κ2) is 6.27. The van der Waals surface area contributed by atoms with Gasteiger partial charge in [-0.15, -0.1) is 11.6 Å². The van der Waals surface area contributed by atoms with Gasteiger partial charge in [-0.2, -0.15) is 0 Å². The van der Waals surface area contributed by atoms with Crippen LogP contribution in [0.15, 0.2) is 24.8 Å². The Hall–Kier alpha value is -1.55. The first kappa shape index (κ1) is 14.9. The van der Waals surface area contributed by atoms with Crippen LogP contribution >= 0.6 is 11.6 Å². The third-order valence-electron chi connectivity index (χ3n) is 3.56. The maximum atomic E-state index is 12.0. The lowest BCUT2D eigenvalue weighted by atomic mass is 10.1. The molecule has 0 fully saturated rings. The zero-order chi connectivity index (χ0) is 14.7. The van der Waals surface area contributed by atoms with E-state index >= 15 is 0 Å². The number of ketones is 1. The van der Waals surface area contributed by atoms with E-state index in [0.29, 0.717) is 0 Å². The predicted octanol–water partition coefficient (Wildman–Crippen LogP) is 3.20. The number of aryl methyl sites for hydroxylation is 2. The molecule has 20 heavy (non-hydrogen) atoms. The quantitative estimate of drug-likeness (QED) is 0.606. The highest BCUT2D eigenvalue weighted by molar-refractivity contribution is 6.33. The van der Waals surface area contributed by atoms with Crippen LogP contribution in [0, 0.1) is 13.8 Å². The largest absolute Gasteiger partial charge is 0.348 e. The number of aromatic nitrogens is 3. The Morgan fingerprint density at radius 1 is 1.40 bits per heavy atom. The van der Waals surface area contributed by atoms with Crippen LogP contribution < -0.4 is 0 Å². The van der Waals surface area contributed by atoms with Gasteiger partial charge in [0.15, 0.2) is 5.78 Å². The van der Waals surface area contributed by atoms with Gasteiger partial charge in [0.2, 0.25) is 0 Å². The molecular weight excluding hydrogens is 274 g/mol. The van der Waals surface area contributed by atoms with E-state index in [1.54, 1.807) is 13.1 Å². The molecule has 2 aromatic heterocycles. The minimum absolute atomic E-state index is 0.000580. The molecule has 108 valence electrons. The first-order chi connectivity index (χ1) is 9.50. The zero-order valence-electron chi connectivity index (χ0n) is 12.1. The summed E-state index contributed by atoms with van der Waals surface area (Å²) in [6.07, 6.45) is 6.56. The van der Waals surface area contributed by atoms with Crippen molar-refractivity contribution in [3.8, 4) is 0 Å². The van der Waals surface area contributed by atoms with E-state index in [-0.39, 0.29) is 5.78 Å². The Kier molecular flexibility index (Phi) is 4.65. The highest BCUT2D eigenvalue weighted by Crippen LogP contribution is 2.19. The van der Waals surface area contributed by atoms with Crippen LogP contribution in [0.3, 0.4) is 0 Å². The number of halogens is 1. The summed E-state index contributed by atoms with van der Waals surface area (Å²) in [6.45, 7) is 7.54. The average molecular weight is 294 g/mol. The maximum Gasteiger partial charge on any atom is 0.182 e. The van der Waals surface area contributed by atoms with Crippen molar-refractivity contribution in [1.29, 1.82) is 0 Å². The SMILES string of the molecule is Cc1cc(C(=O)C(C)Cl)c(C)n1CCCn1ccnc1. The van der Waals surface area contributed by atoms with Crippen molar-refractivity contribution in [2.45, 2.75) is 45.7 Å². The van der Waals surface area contributed by atoms with Crippen LogP contribution in [0.4, 0.5) is 0 Å². The molecule has 0 spiro atoms. The smallest absolute Gasteiger partial charge is 0.182 e. The summed E-state index contributed by atoms with van der Waals surface area (Å²) < 4.78 is 4.24. The molecule has 0 aromatic carbocycles. The van der Waals surface area contributed by atoms with Crippen LogP contribution in [-0.4, -0.2) is 25.3 Å². The van der Waals surface area contributed by atoms with Crippen LogP contribution in [0.1, 0.15) is 35.1 Å². The summed E-state index contributed by atoms with van der Waals surface area (Å²) >= 11 is 5.90. The lowest BCUT2D eigenvalue weighted by Crippen LogP contribution is -2.12. The fourth-order valence-corrected chi connectivity index (χ4v) is 2.56. The second-order valence-electron chi connectivity index (χ2n) is 5.07. The summed E-state index contributed by atoms with van der Waals surface area (Å²) in [5.74, 6) is 0.000580. The predicted molar refractivity (Wildman–Crippen MR) is 80.4 cm³/mol. The van der Waals surface area contributed by atoms with Gasteiger partial charge in [-0.25, -0.2) is 4.98 Å². The zero-order valence-corrected chi connectivity index (χ0v) is 12.9. The molecule has 0 aliphatic carbocycles. The lowest BCUT2D eigenvalue weighted by molar-refractivity contribution is 0.0991. The molecule has 0 aliphatic rings. The minimum atomic E-state index is -0.477. The summed E-state index contributed by atoms with van der Waals surface area (Å²) in [5.41, 5.74) is 2.85. The van der Waals surface area contributed by atoms with Crippen molar-refractivity contribution >= 4 is 17.4 Å². The van der Waals surface area contributed by atoms with E-state index < -0.39 is 5.38 Å². The third kappa shape index (κ3) is 3.12. The van der Waals surface area contributed by atoms with Gasteiger partial charge in [0.25, 0.3) is 0 Å². The number of alkyl halides is 1. The van der Waals surface area contributed by atoms with Crippen molar-refractivity contribution < 1.29 is 4.79 Å². The van der Waals surface area contributed by atoms with Crippen molar-refractivity contribution in [3.05, 3.63) is 41.7 Å². The summed E-state index contributed by atoms with van der Waals surface area (Å²) in [6, 6.07) is 1.94. The lowest BCUT2D eigenvalue weighted by Gasteiger charge is -2.10. The minimum Gasteiger partial charge on any atom is -0.348 e. The molecule has 2 heterocycles. The van der Waals surface area contributed by atoms with Gasteiger partial charge in [0.1, 0.15) is 0 Å². The Labute approximate surface area is 124 Å². The molecule has 0 N–H and O–H groups in total. The number of Topliss-reactive ketones (excluding diaryl/α,β-unsaturated/α-hetero) is 1. The van der Waals surface area contributed by atoms with Gasteiger partial charge < -0.3 is 9.13 Å². The summed E-state index contributed by atoms with van der Waals surface area (Å²) in [5, 5.41) is -0.477. The Morgan fingerprint density at radius 3 is 2.75 bits per heavy atom. The highest BCUT2D eigenvalue weighted by Gasteiger charge is 2.18. The summed E-state index contributed by atoms with van der Waals surface area (Å²) in [4.78, 5) is 16.1. The van der Waals surface area contributed by atoms with Gasteiger partial charge in [0.05, 0.1) is 11.7 Å². The Bertz CT molecular complexity index is 585. The van der Waals surface area contributed by atoms with Gasteiger partial charge in [-0.1, -0.05) is 0 Å². The molecule has 0 amide bonds. The van der Waals surface area contributed by atoms with Crippen LogP contribution in [0.25, 0.3) is 0 Å². The Balaban J connectivity index is 2.06. The second-order valence-corrected chi connectivity index (χ2v) is 5.73. The maximum absolute atomic E-state index is 12.0. The van der Waals surface area contributed by atoms with Gasteiger partial charge in [-0.05, 0) is 33.3 Å². The van der Waals surface area contributed by atoms with Gasteiger partial charge in [-0.3, -0.25) is 4.79 Å². The molecule has 0 saturated carbocycles. The molecule has 4 nitrogen and oxygen atoms in total. The Morgan fingerprint density at radius 2 is 2.15 bits per heavy atom. The van der Waals surface area contributed by atoms with E-state index in [4.69, 9.17) is 11.6 Å². The monoisotopic (exact) mass is 293 g/mol. The molecule has 1 unspecified atom stereocenters. The topological polar surface area (TPSA) is 39.8 Å². The number of carbonyl (C=O) groups excluding carboxylic acids is 1. The van der Waals surface area contributed by atoms with E-state index in [2.05, 4.69) is 14.1 Å². The molecule has 0 saturated heterocycles. The third-order valence-corrected chi connectivity index (χ3v) is 3.76. The fraction of sp³-hybridized carbons (Fsp3) is 0.467. The standard InChI is InChI=1S/C15H20ClN3O/c1-11-9-14(15(20)12(2)16)13(3)19(11)7-4-6-18-8-5-17-10-18/h5,8-10,12H,4,6-7H2,1-3H3. The van der Waals surface area contributed by atoms with Crippen molar-refractivity contribution in [2.75, 3.05) is 0 Å². The molecule has 5 heteroatoms. The van der Waals surface area contributed by atoms with Crippen LogP contribution in [-0.2, 0) is 13.1 Å². The fourth-order valence-electron chi connectivity index (χ4n) is 2.44. The van der Waals surface area contributed by atoms with Crippen LogP contribution in [0.5, 0.6) is 0 Å². The van der Waals surface area contributed by atoms with Crippen molar-refractivity contribution in [1.82, 2.24) is 14.1 Å². The molecule has 0 bridgehead atoms. The first-order valence-corrected chi connectivity index (χ1v) is 7.25. The molecular formula is C15H20ClN3O. The molecule has 0 aliphatic heterocycles. The van der Waals surface area contributed by atoms with E-state index in [9.17, 15) is 4.79 Å². The number of hydrogen-bond acceptors (Lipinski definition) is 2.